The molecule has 3 fully saturated rings. The van der Waals surface area contributed by atoms with Crippen LogP contribution in [0.3, 0.4) is 0 Å². The maximum Gasteiger partial charge on any atom is 0.242 e. The van der Waals surface area contributed by atoms with E-state index >= 15 is 0 Å². The number of piperidine rings is 1. The zero-order chi connectivity index (χ0) is 19.4. The van der Waals surface area contributed by atoms with E-state index in [1.165, 1.54) is 4.90 Å². The Kier molecular flexibility index (Phi) is 4.29. The Balaban J connectivity index is 1.42. The summed E-state index contributed by atoms with van der Waals surface area (Å²) in [7, 11) is 0. The molecule has 2 atom stereocenters. The molecule has 2 aliphatic heterocycles. The average molecular weight is 391 g/mol. The monoisotopic (exact) mass is 390 g/mol. The molecule has 1 aliphatic carbocycles. The Morgan fingerprint density at radius 2 is 1.93 bits per heavy atom. The van der Waals surface area contributed by atoms with Crippen molar-refractivity contribution in [2.24, 2.45) is 16.7 Å². The van der Waals surface area contributed by atoms with E-state index in [2.05, 4.69) is 9.88 Å². The normalized spacial score (nSPS) is 30.2. The maximum absolute atomic E-state index is 13.1. The number of piperazine rings is 1. The van der Waals surface area contributed by atoms with Crippen molar-refractivity contribution in [1.29, 1.82) is 0 Å². The van der Waals surface area contributed by atoms with Crippen molar-refractivity contribution in [2.45, 2.75) is 33.6 Å². The van der Waals surface area contributed by atoms with Crippen LogP contribution in [0.15, 0.2) is 11.6 Å². The average Bonchev–Trinajstić information content (AvgIpc) is 3.24. The fourth-order valence-electron chi connectivity index (χ4n) is 4.81. The van der Waals surface area contributed by atoms with Gasteiger partial charge < -0.3 is 9.80 Å². The molecule has 27 heavy (non-hydrogen) atoms. The third-order valence-electron chi connectivity index (χ3n) is 7.12. The van der Waals surface area contributed by atoms with E-state index in [4.69, 9.17) is 0 Å². The Labute approximate surface area is 163 Å². The number of hydrogen-bond acceptors (Lipinski definition) is 6. The van der Waals surface area contributed by atoms with Crippen molar-refractivity contribution in [3.63, 3.8) is 0 Å². The van der Waals surface area contributed by atoms with Gasteiger partial charge >= 0.3 is 0 Å². The number of imide groups is 1. The molecule has 8 heteroatoms. The third kappa shape index (κ3) is 2.68. The van der Waals surface area contributed by atoms with E-state index in [0.29, 0.717) is 32.6 Å². The molecule has 0 unspecified atom stereocenters. The van der Waals surface area contributed by atoms with Crippen molar-refractivity contribution >= 4 is 34.2 Å². The van der Waals surface area contributed by atoms with Gasteiger partial charge in [-0.2, -0.15) is 0 Å². The molecule has 7 nitrogen and oxygen atoms in total. The van der Waals surface area contributed by atoms with Crippen LogP contribution in [0, 0.1) is 16.7 Å². The lowest BCUT2D eigenvalue weighted by molar-refractivity contribution is -0.170. The van der Waals surface area contributed by atoms with Gasteiger partial charge in [0.1, 0.15) is 6.54 Å². The lowest BCUT2D eigenvalue weighted by Crippen LogP contribution is -2.61. The van der Waals surface area contributed by atoms with Crippen molar-refractivity contribution in [3.05, 3.63) is 11.6 Å². The van der Waals surface area contributed by atoms with E-state index < -0.39 is 5.41 Å². The molecule has 0 spiro atoms. The van der Waals surface area contributed by atoms with Crippen molar-refractivity contribution in [2.75, 3.05) is 37.6 Å². The molecule has 0 N–H and O–H groups in total. The van der Waals surface area contributed by atoms with Gasteiger partial charge in [-0.05, 0) is 18.3 Å². The van der Waals surface area contributed by atoms with Crippen molar-refractivity contribution < 1.29 is 14.4 Å². The number of amides is 3. The molecule has 1 saturated carbocycles. The molecule has 4 rings (SSSR count). The molecule has 0 radical (unpaired) electrons. The van der Waals surface area contributed by atoms with Gasteiger partial charge in [0.05, 0.1) is 5.41 Å². The highest BCUT2D eigenvalue weighted by atomic mass is 32.1. The molecule has 3 heterocycles. The summed E-state index contributed by atoms with van der Waals surface area (Å²) in [6, 6.07) is 0. The first-order valence-electron chi connectivity index (χ1n) is 9.54. The number of rotatable bonds is 3. The summed E-state index contributed by atoms with van der Waals surface area (Å²) in [4.78, 5) is 48.2. The summed E-state index contributed by atoms with van der Waals surface area (Å²) in [6.07, 6.45) is 3.22. The van der Waals surface area contributed by atoms with E-state index in [-0.39, 0.29) is 35.6 Å². The Bertz CT molecular complexity index is 770. The maximum atomic E-state index is 13.1. The minimum absolute atomic E-state index is 0.128. The number of carbonyl (C=O) groups is 3. The van der Waals surface area contributed by atoms with Crippen molar-refractivity contribution in [3.8, 4) is 0 Å². The second-order valence-electron chi connectivity index (χ2n) is 8.56. The van der Waals surface area contributed by atoms with Crippen LogP contribution >= 0.6 is 11.3 Å². The highest BCUT2D eigenvalue weighted by Crippen LogP contribution is 2.59. The highest BCUT2D eigenvalue weighted by Gasteiger charge is 2.64. The number of fused-ring (bicyclic) bond motifs is 2. The summed E-state index contributed by atoms with van der Waals surface area (Å²) in [6.45, 7) is 8.45. The number of aromatic nitrogens is 1. The fraction of sp³-hybridized carbons (Fsp3) is 0.684. The van der Waals surface area contributed by atoms with Crippen LogP contribution in [0.4, 0.5) is 5.13 Å². The van der Waals surface area contributed by atoms with Gasteiger partial charge in [-0.3, -0.25) is 19.3 Å². The van der Waals surface area contributed by atoms with Gasteiger partial charge in [0.15, 0.2) is 5.13 Å². The predicted octanol–water partition coefficient (Wildman–Crippen LogP) is 1.60. The standard InChI is InChI=1S/C19H26N4O3S/c1-18(2)13-4-5-19(18,3)16(26)23(15(13)25)12-14(24)21-7-9-22(10-8-21)17-20-6-11-27-17/h6,11,13H,4-5,7-10,12H2,1-3H3/t13-,19-/m0/s1. The van der Waals surface area contributed by atoms with Crippen LogP contribution < -0.4 is 4.90 Å². The molecule has 1 aromatic heterocycles. The fourth-order valence-corrected chi connectivity index (χ4v) is 5.50. The van der Waals surface area contributed by atoms with E-state index in [9.17, 15) is 14.4 Å². The smallest absolute Gasteiger partial charge is 0.242 e. The summed E-state index contributed by atoms with van der Waals surface area (Å²) in [5.41, 5.74) is -0.907. The number of hydrogen-bond donors (Lipinski definition) is 0. The van der Waals surface area contributed by atoms with Gasteiger partial charge in [0, 0.05) is 43.7 Å². The van der Waals surface area contributed by atoms with Crippen LogP contribution in [-0.2, 0) is 14.4 Å². The summed E-state index contributed by atoms with van der Waals surface area (Å²) in [5, 5.41) is 2.91. The molecule has 1 aromatic rings. The largest absolute Gasteiger partial charge is 0.345 e. The van der Waals surface area contributed by atoms with Crippen LogP contribution in [0.1, 0.15) is 33.6 Å². The number of likely N-dealkylation sites (tertiary alicyclic amines) is 1. The second kappa shape index (κ2) is 6.29. The SMILES string of the molecule is CC1(C)[C@H]2CC[C@@]1(C)C(=O)N(CC(=O)N1CCN(c3nccs3)CC1)C2=O. The number of anilines is 1. The Morgan fingerprint density at radius 3 is 2.56 bits per heavy atom. The van der Waals surface area contributed by atoms with Gasteiger partial charge in [0.2, 0.25) is 17.7 Å². The summed E-state index contributed by atoms with van der Waals surface area (Å²) in [5.74, 6) is -0.663. The summed E-state index contributed by atoms with van der Waals surface area (Å²) >= 11 is 1.59. The molecule has 3 amide bonds. The Hall–Kier alpha value is -1.96. The lowest BCUT2D eigenvalue weighted by Gasteiger charge is -2.47. The quantitative estimate of drug-likeness (QED) is 0.733. The van der Waals surface area contributed by atoms with Gasteiger partial charge in [-0.15, -0.1) is 11.3 Å². The third-order valence-corrected chi connectivity index (χ3v) is 7.96. The topological polar surface area (TPSA) is 73.8 Å². The molecule has 2 saturated heterocycles. The van der Waals surface area contributed by atoms with E-state index in [1.807, 2.05) is 26.2 Å². The number of nitrogens with zero attached hydrogens (tertiary/aromatic N) is 4. The number of carbonyl (C=O) groups excluding carboxylic acids is 3. The van der Waals surface area contributed by atoms with Gasteiger partial charge in [0.25, 0.3) is 0 Å². The first-order valence-corrected chi connectivity index (χ1v) is 10.4. The summed E-state index contributed by atoms with van der Waals surface area (Å²) < 4.78 is 0. The predicted molar refractivity (Wildman–Crippen MR) is 102 cm³/mol. The zero-order valence-electron chi connectivity index (χ0n) is 16.1. The first kappa shape index (κ1) is 18.4. The molecule has 3 aliphatic rings. The zero-order valence-corrected chi connectivity index (χ0v) is 16.9. The van der Waals surface area contributed by atoms with Crippen molar-refractivity contribution in [1.82, 2.24) is 14.8 Å². The minimum atomic E-state index is -0.560. The van der Waals surface area contributed by atoms with E-state index in [1.54, 1.807) is 22.4 Å². The second-order valence-corrected chi connectivity index (χ2v) is 9.43. The van der Waals surface area contributed by atoms with Gasteiger partial charge in [-0.1, -0.05) is 20.8 Å². The molecular weight excluding hydrogens is 364 g/mol. The number of thiazole rings is 1. The van der Waals surface area contributed by atoms with Crippen LogP contribution in [-0.4, -0.2) is 65.2 Å². The Morgan fingerprint density at radius 1 is 1.22 bits per heavy atom. The molecule has 146 valence electrons. The van der Waals surface area contributed by atoms with Crippen LogP contribution in [0.2, 0.25) is 0 Å². The highest BCUT2D eigenvalue weighted by molar-refractivity contribution is 7.13. The molecular formula is C19H26N4O3S. The van der Waals surface area contributed by atoms with E-state index in [0.717, 1.165) is 11.6 Å². The molecule has 0 aromatic carbocycles. The minimum Gasteiger partial charge on any atom is -0.345 e. The van der Waals surface area contributed by atoms with Crippen LogP contribution in [0.25, 0.3) is 0 Å². The van der Waals surface area contributed by atoms with Gasteiger partial charge in [-0.25, -0.2) is 4.98 Å². The first-order chi connectivity index (χ1) is 12.8. The van der Waals surface area contributed by atoms with Crippen LogP contribution in [0.5, 0.6) is 0 Å². The molecule has 2 bridgehead atoms. The lowest BCUT2D eigenvalue weighted by atomic mass is 9.62.